The second-order valence-electron chi connectivity index (χ2n) is 2.07. The number of anilines is 2. The van der Waals surface area contributed by atoms with Crippen LogP contribution < -0.4 is 17.2 Å². The molecule has 0 aliphatic carbocycles. The fourth-order valence-corrected chi connectivity index (χ4v) is 0.873. The van der Waals surface area contributed by atoms with E-state index in [9.17, 15) is 0 Å². The highest BCUT2D eigenvalue weighted by molar-refractivity contribution is 5.81. The molecule has 0 radical (unpaired) electrons. The zero-order chi connectivity index (χ0) is 9.84. The van der Waals surface area contributed by atoms with Crippen molar-refractivity contribution in [3.8, 4) is 0 Å². The van der Waals surface area contributed by atoms with Crippen LogP contribution in [0.25, 0.3) is 11.2 Å². The average Bonchev–Trinajstić information content (AvgIpc) is 2.55. The lowest BCUT2D eigenvalue weighted by molar-refractivity contribution is 1.22. The molecule has 2 heterocycles. The molecule has 7 heteroatoms. The molecule has 0 bridgehead atoms. The number of rotatable bonds is 0. The summed E-state index contributed by atoms with van der Waals surface area (Å²) in [5.74, 6) is 0.465. The number of H-pyrrole nitrogens is 1. The second kappa shape index (κ2) is 3.68. The summed E-state index contributed by atoms with van der Waals surface area (Å²) in [7, 11) is 1.50. The van der Waals surface area contributed by atoms with Gasteiger partial charge in [0.2, 0.25) is 5.95 Å². The third kappa shape index (κ3) is 1.64. The molecule has 7 N–H and O–H groups in total. The summed E-state index contributed by atoms with van der Waals surface area (Å²) in [4.78, 5) is 14.3. The van der Waals surface area contributed by atoms with Crippen LogP contribution in [0.4, 0.5) is 11.8 Å². The van der Waals surface area contributed by atoms with Crippen molar-refractivity contribution in [2.45, 2.75) is 0 Å². The molecule has 0 unspecified atom stereocenters. The van der Waals surface area contributed by atoms with Crippen molar-refractivity contribution >= 4 is 22.9 Å². The minimum absolute atomic E-state index is 0.141. The number of aromatic nitrogens is 4. The number of nitrogen functional groups attached to an aromatic ring is 2. The monoisotopic (exact) mass is 181 g/mol. The lowest BCUT2D eigenvalue weighted by Crippen LogP contribution is -1.99. The summed E-state index contributed by atoms with van der Waals surface area (Å²) in [6, 6.07) is 0. The van der Waals surface area contributed by atoms with Crippen LogP contribution in [0.5, 0.6) is 0 Å². The Morgan fingerprint density at radius 2 is 1.92 bits per heavy atom. The highest BCUT2D eigenvalue weighted by atomic mass is 15.1. The van der Waals surface area contributed by atoms with Crippen LogP contribution in [0.15, 0.2) is 6.33 Å². The summed E-state index contributed by atoms with van der Waals surface area (Å²) in [5, 5.41) is 0. The Hall–Kier alpha value is -1.89. The third-order valence-electron chi connectivity index (χ3n) is 1.33. The number of nitrogens with zero attached hydrogens (tertiary/aromatic N) is 3. The number of nitrogens with two attached hydrogens (primary N) is 3. The van der Waals surface area contributed by atoms with Gasteiger partial charge in [0.15, 0.2) is 11.5 Å². The molecular weight excluding hydrogens is 170 g/mol. The Morgan fingerprint density at radius 1 is 1.23 bits per heavy atom. The van der Waals surface area contributed by atoms with Crippen molar-refractivity contribution in [2.24, 2.45) is 5.73 Å². The quantitative estimate of drug-likeness (QED) is 0.416. The van der Waals surface area contributed by atoms with Gasteiger partial charge < -0.3 is 22.2 Å². The lowest BCUT2D eigenvalue weighted by atomic mass is 10.5. The highest BCUT2D eigenvalue weighted by Gasteiger charge is 2.03. The minimum Gasteiger partial charge on any atom is -0.382 e. The van der Waals surface area contributed by atoms with E-state index in [0.29, 0.717) is 17.0 Å². The zero-order valence-corrected chi connectivity index (χ0v) is 7.15. The van der Waals surface area contributed by atoms with Gasteiger partial charge in [0, 0.05) is 0 Å². The molecule has 0 aliphatic rings. The average molecular weight is 181 g/mol. The van der Waals surface area contributed by atoms with Gasteiger partial charge in [-0.2, -0.15) is 9.97 Å². The fourth-order valence-electron chi connectivity index (χ4n) is 0.873. The Bertz CT molecular complexity index is 393. The van der Waals surface area contributed by atoms with Gasteiger partial charge in [-0.1, -0.05) is 0 Å². The second-order valence-corrected chi connectivity index (χ2v) is 2.07. The van der Waals surface area contributed by atoms with E-state index in [1.54, 1.807) is 0 Å². The summed E-state index contributed by atoms with van der Waals surface area (Å²) in [6.07, 6.45) is 1.50. The number of nitrogens with one attached hydrogen (secondary N) is 1. The summed E-state index contributed by atoms with van der Waals surface area (Å²) in [6.45, 7) is 0. The van der Waals surface area contributed by atoms with E-state index in [2.05, 4.69) is 25.7 Å². The number of hydrogen-bond donors (Lipinski definition) is 4. The SMILES string of the molecule is CN.Nc1nc(N)c2[nH]cnc2n1. The van der Waals surface area contributed by atoms with E-state index in [0.717, 1.165) is 0 Å². The number of fused-ring (bicyclic) bond motifs is 1. The van der Waals surface area contributed by atoms with Crippen LogP contribution in [0.3, 0.4) is 0 Å². The standard InChI is InChI=1S/C5H6N6.CH5N/c6-3-2-4(9-1-8-2)11-5(7)10-3;1-2/h1H,(H5,6,7,8,9,10,11);2H2,1H3. The molecule has 2 rings (SSSR count). The first kappa shape index (κ1) is 9.20. The van der Waals surface area contributed by atoms with E-state index in [1.807, 2.05) is 0 Å². The van der Waals surface area contributed by atoms with Gasteiger partial charge in [-0.3, -0.25) is 0 Å². The number of aromatic amines is 1. The maximum absolute atomic E-state index is 5.50. The molecule has 70 valence electrons. The Labute approximate surface area is 74.4 Å². The van der Waals surface area contributed by atoms with Crippen molar-refractivity contribution in [2.75, 3.05) is 18.5 Å². The first-order valence-electron chi connectivity index (χ1n) is 3.57. The first-order valence-corrected chi connectivity index (χ1v) is 3.57. The van der Waals surface area contributed by atoms with Gasteiger partial charge in [0.1, 0.15) is 5.52 Å². The normalized spacial score (nSPS) is 9.38. The Kier molecular flexibility index (Phi) is 2.60. The predicted octanol–water partition coefficient (Wildman–Crippen LogP) is -0.908. The Morgan fingerprint density at radius 3 is 2.62 bits per heavy atom. The van der Waals surface area contributed by atoms with Crippen LogP contribution >= 0.6 is 0 Å². The van der Waals surface area contributed by atoms with Crippen molar-refractivity contribution in [1.82, 2.24) is 19.9 Å². The van der Waals surface area contributed by atoms with E-state index in [-0.39, 0.29) is 5.95 Å². The molecule has 0 fully saturated rings. The minimum atomic E-state index is 0.141. The molecule has 2 aromatic rings. The largest absolute Gasteiger partial charge is 0.382 e. The van der Waals surface area contributed by atoms with Crippen LogP contribution in [0, 0.1) is 0 Å². The Balaban J connectivity index is 0.000000396. The van der Waals surface area contributed by atoms with E-state index in [1.165, 1.54) is 13.4 Å². The maximum atomic E-state index is 5.50. The molecule has 0 spiro atoms. The van der Waals surface area contributed by atoms with E-state index in [4.69, 9.17) is 11.5 Å². The van der Waals surface area contributed by atoms with Gasteiger partial charge in [-0.25, -0.2) is 4.98 Å². The molecule has 0 saturated carbocycles. The van der Waals surface area contributed by atoms with Crippen LogP contribution in [-0.2, 0) is 0 Å². The highest BCUT2D eigenvalue weighted by Crippen LogP contribution is 2.12. The number of imidazole rings is 1. The summed E-state index contributed by atoms with van der Waals surface area (Å²) >= 11 is 0. The third-order valence-corrected chi connectivity index (χ3v) is 1.33. The van der Waals surface area contributed by atoms with Gasteiger partial charge >= 0.3 is 0 Å². The molecule has 0 amide bonds. The zero-order valence-electron chi connectivity index (χ0n) is 7.15. The topological polar surface area (TPSA) is 133 Å². The molecule has 13 heavy (non-hydrogen) atoms. The molecule has 0 aliphatic heterocycles. The van der Waals surface area contributed by atoms with Crippen LogP contribution in [0.2, 0.25) is 0 Å². The molecule has 0 aromatic carbocycles. The van der Waals surface area contributed by atoms with Crippen molar-refractivity contribution in [1.29, 1.82) is 0 Å². The smallest absolute Gasteiger partial charge is 0.224 e. The fraction of sp³-hybridized carbons (Fsp3) is 0.167. The number of hydrogen-bond acceptors (Lipinski definition) is 6. The molecule has 2 aromatic heterocycles. The lowest BCUT2D eigenvalue weighted by Gasteiger charge is -1.94. The molecular formula is C6H11N7. The van der Waals surface area contributed by atoms with Gasteiger partial charge in [-0.05, 0) is 7.05 Å². The summed E-state index contributed by atoms with van der Waals surface area (Å²) < 4.78 is 0. The van der Waals surface area contributed by atoms with Crippen LogP contribution in [0.1, 0.15) is 0 Å². The molecule has 0 atom stereocenters. The van der Waals surface area contributed by atoms with Crippen molar-refractivity contribution in [3.05, 3.63) is 6.33 Å². The predicted molar refractivity (Wildman–Crippen MR) is 50.6 cm³/mol. The van der Waals surface area contributed by atoms with E-state index < -0.39 is 0 Å². The van der Waals surface area contributed by atoms with Gasteiger partial charge in [-0.15, -0.1) is 0 Å². The molecule has 0 saturated heterocycles. The van der Waals surface area contributed by atoms with Crippen molar-refractivity contribution in [3.63, 3.8) is 0 Å². The van der Waals surface area contributed by atoms with Crippen molar-refractivity contribution < 1.29 is 0 Å². The van der Waals surface area contributed by atoms with Gasteiger partial charge in [0.05, 0.1) is 6.33 Å². The van der Waals surface area contributed by atoms with Crippen LogP contribution in [-0.4, -0.2) is 27.0 Å². The summed E-state index contributed by atoms with van der Waals surface area (Å²) in [5.41, 5.74) is 16.4. The first-order chi connectivity index (χ1) is 6.27. The molecule has 7 nitrogen and oxygen atoms in total. The van der Waals surface area contributed by atoms with Gasteiger partial charge in [0.25, 0.3) is 0 Å². The maximum Gasteiger partial charge on any atom is 0.224 e. The van der Waals surface area contributed by atoms with E-state index >= 15 is 0 Å².